The van der Waals surface area contributed by atoms with Crippen LogP contribution in [0.2, 0.25) is 0 Å². The van der Waals surface area contributed by atoms with Gasteiger partial charge in [0.1, 0.15) is 11.7 Å². The molecule has 1 aromatic carbocycles. The first-order valence-electron chi connectivity index (χ1n) is 7.82. The summed E-state index contributed by atoms with van der Waals surface area (Å²) in [5.74, 6) is -0.672. The Morgan fingerprint density at radius 2 is 1.84 bits per heavy atom. The number of ether oxygens (including phenoxy) is 3. The monoisotopic (exact) mass is 351 g/mol. The number of hydrogen-bond donors (Lipinski definition) is 1. The fourth-order valence-corrected chi connectivity index (χ4v) is 2.20. The molecule has 7 heteroatoms. The van der Waals surface area contributed by atoms with Crippen LogP contribution in [0.1, 0.15) is 18.9 Å². The summed E-state index contributed by atoms with van der Waals surface area (Å²) in [4.78, 5) is 25.3. The molecule has 0 aliphatic rings. The van der Waals surface area contributed by atoms with Gasteiger partial charge in [-0.1, -0.05) is 13.0 Å². The first-order valence-corrected chi connectivity index (χ1v) is 7.82. The number of carbonyl (C=O) groups is 2. The SMILES string of the molecule is CCC(OCc1ccc(OC)c(OC)c1)C(=O)C(=CN(C)C)C(=O)O. The van der Waals surface area contributed by atoms with Crippen LogP contribution in [0.25, 0.3) is 0 Å². The number of Topliss-reactive ketones (excluding diaryl/α,β-unsaturated/α-hetero) is 1. The van der Waals surface area contributed by atoms with Gasteiger partial charge in [0.25, 0.3) is 0 Å². The first kappa shape index (κ1) is 20.5. The van der Waals surface area contributed by atoms with Gasteiger partial charge in [0.15, 0.2) is 17.3 Å². The maximum atomic E-state index is 12.5. The van der Waals surface area contributed by atoms with Crippen LogP contribution in [-0.4, -0.2) is 56.2 Å². The Hall–Kier alpha value is -2.54. The van der Waals surface area contributed by atoms with E-state index in [1.807, 2.05) is 0 Å². The quantitative estimate of drug-likeness (QED) is 0.392. The topological polar surface area (TPSA) is 85.3 Å². The van der Waals surface area contributed by atoms with Crippen LogP contribution in [0.3, 0.4) is 0 Å². The molecule has 0 aliphatic heterocycles. The molecule has 0 aromatic heterocycles. The van der Waals surface area contributed by atoms with Crippen molar-refractivity contribution in [3.8, 4) is 11.5 Å². The summed E-state index contributed by atoms with van der Waals surface area (Å²) in [7, 11) is 6.39. The molecule has 138 valence electrons. The van der Waals surface area contributed by atoms with E-state index in [0.717, 1.165) is 5.56 Å². The largest absolute Gasteiger partial charge is 0.493 e. The first-order chi connectivity index (χ1) is 11.8. The Morgan fingerprint density at radius 3 is 2.32 bits per heavy atom. The molecule has 0 radical (unpaired) electrons. The maximum absolute atomic E-state index is 12.5. The van der Waals surface area contributed by atoms with Crippen LogP contribution in [0, 0.1) is 0 Å². The third kappa shape index (κ3) is 5.79. The molecule has 0 bridgehead atoms. The number of aliphatic carboxylic acids is 1. The second kappa shape index (κ2) is 9.68. The molecule has 0 aliphatic carbocycles. The standard InChI is InChI=1S/C18H25NO6/c1-6-14(17(20)13(18(21)22)10-19(2)3)25-11-12-7-8-15(23-4)16(9-12)24-5/h7-10,14H,6,11H2,1-5H3,(H,21,22). The molecule has 1 atom stereocenters. The average molecular weight is 351 g/mol. The van der Waals surface area contributed by atoms with Gasteiger partial charge in [0.05, 0.1) is 20.8 Å². The normalized spacial score (nSPS) is 12.4. The van der Waals surface area contributed by atoms with E-state index >= 15 is 0 Å². The smallest absolute Gasteiger partial charge is 0.340 e. The number of benzene rings is 1. The molecule has 0 saturated heterocycles. The lowest BCUT2D eigenvalue weighted by Crippen LogP contribution is -2.29. The third-order valence-electron chi connectivity index (χ3n) is 3.45. The van der Waals surface area contributed by atoms with Crippen molar-refractivity contribution >= 4 is 11.8 Å². The van der Waals surface area contributed by atoms with E-state index in [4.69, 9.17) is 14.2 Å². The lowest BCUT2D eigenvalue weighted by molar-refractivity contribution is -0.137. The highest BCUT2D eigenvalue weighted by molar-refractivity contribution is 6.18. The lowest BCUT2D eigenvalue weighted by Gasteiger charge is -2.17. The number of ketones is 1. The van der Waals surface area contributed by atoms with Crippen molar-refractivity contribution in [3.05, 3.63) is 35.5 Å². The van der Waals surface area contributed by atoms with E-state index in [-0.39, 0.29) is 12.2 Å². The summed E-state index contributed by atoms with van der Waals surface area (Å²) in [5.41, 5.74) is 0.488. The van der Waals surface area contributed by atoms with Crippen molar-refractivity contribution in [2.75, 3.05) is 28.3 Å². The second-order valence-corrected chi connectivity index (χ2v) is 5.57. The summed E-state index contributed by atoms with van der Waals surface area (Å²) in [6.07, 6.45) is 0.812. The molecule has 0 fully saturated rings. The minimum Gasteiger partial charge on any atom is -0.493 e. The van der Waals surface area contributed by atoms with Gasteiger partial charge in [-0.15, -0.1) is 0 Å². The molecule has 1 aromatic rings. The molecule has 25 heavy (non-hydrogen) atoms. The van der Waals surface area contributed by atoms with Crippen LogP contribution in [0.5, 0.6) is 11.5 Å². The minimum absolute atomic E-state index is 0.152. The van der Waals surface area contributed by atoms with Gasteiger partial charge in [-0.2, -0.15) is 0 Å². The van der Waals surface area contributed by atoms with Crippen molar-refractivity contribution < 1.29 is 28.9 Å². The summed E-state index contributed by atoms with van der Waals surface area (Å²) in [5, 5.41) is 9.25. The van der Waals surface area contributed by atoms with Gasteiger partial charge in [0.2, 0.25) is 0 Å². The molecule has 1 unspecified atom stereocenters. The van der Waals surface area contributed by atoms with E-state index < -0.39 is 17.9 Å². The number of nitrogens with zero attached hydrogens (tertiary/aromatic N) is 1. The fraction of sp³-hybridized carbons (Fsp3) is 0.444. The lowest BCUT2D eigenvalue weighted by atomic mass is 10.1. The van der Waals surface area contributed by atoms with Crippen molar-refractivity contribution in [1.29, 1.82) is 0 Å². The number of methoxy groups -OCH3 is 2. The van der Waals surface area contributed by atoms with Crippen molar-refractivity contribution in [3.63, 3.8) is 0 Å². The van der Waals surface area contributed by atoms with Crippen molar-refractivity contribution in [1.82, 2.24) is 4.90 Å². The molecule has 7 nitrogen and oxygen atoms in total. The highest BCUT2D eigenvalue weighted by Crippen LogP contribution is 2.28. The van der Waals surface area contributed by atoms with Gasteiger partial charge < -0.3 is 24.2 Å². The Morgan fingerprint density at radius 1 is 1.20 bits per heavy atom. The van der Waals surface area contributed by atoms with Gasteiger partial charge in [-0.25, -0.2) is 4.79 Å². The maximum Gasteiger partial charge on any atom is 0.340 e. The molecule has 0 heterocycles. The molecular formula is C18H25NO6. The van der Waals surface area contributed by atoms with Gasteiger partial charge >= 0.3 is 5.97 Å². The highest BCUT2D eigenvalue weighted by atomic mass is 16.5. The number of carboxylic acids is 1. The van der Waals surface area contributed by atoms with E-state index in [0.29, 0.717) is 17.9 Å². The van der Waals surface area contributed by atoms with E-state index in [1.54, 1.807) is 46.3 Å². The Kier molecular flexibility index (Phi) is 7.94. The van der Waals surface area contributed by atoms with Crippen LogP contribution >= 0.6 is 0 Å². The molecule has 1 N–H and O–H groups in total. The summed E-state index contributed by atoms with van der Waals surface area (Å²) in [6, 6.07) is 5.30. The van der Waals surface area contributed by atoms with Crippen LogP contribution in [0.15, 0.2) is 30.0 Å². The number of carbonyl (C=O) groups excluding carboxylic acids is 1. The van der Waals surface area contributed by atoms with Gasteiger partial charge in [-0.05, 0) is 24.1 Å². The summed E-state index contributed by atoms with van der Waals surface area (Å²) >= 11 is 0. The average Bonchev–Trinajstić information content (AvgIpc) is 2.59. The minimum atomic E-state index is -1.27. The molecule has 0 spiro atoms. The molecule has 1 rings (SSSR count). The molecule has 0 saturated carbocycles. The van der Waals surface area contributed by atoms with E-state index in [9.17, 15) is 14.7 Å². The predicted octanol–water partition coefficient (Wildman–Crippen LogP) is 2.10. The highest BCUT2D eigenvalue weighted by Gasteiger charge is 2.26. The number of carboxylic acid groups (broad SMARTS) is 1. The van der Waals surface area contributed by atoms with Crippen LogP contribution in [-0.2, 0) is 20.9 Å². The third-order valence-corrected chi connectivity index (χ3v) is 3.45. The zero-order valence-corrected chi connectivity index (χ0v) is 15.2. The Bertz CT molecular complexity index is 638. The van der Waals surface area contributed by atoms with Crippen molar-refractivity contribution in [2.24, 2.45) is 0 Å². The predicted molar refractivity (Wildman–Crippen MR) is 92.8 cm³/mol. The van der Waals surface area contributed by atoms with Crippen LogP contribution < -0.4 is 9.47 Å². The molecule has 0 amide bonds. The zero-order chi connectivity index (χ0) is 19.0. The van der Waals surface area contributed by atoms with E-state index in [2.05, 4.69) is 0 Å². The fourth-order valence-electron chi connectivity index (χ4n) is 2.20. The summed E-state index contributed by atoms with van der Waals surface area (Å²) in [6.45, 7) is 1.92. The zero-order valence-electron chi connectivity index (χ0n) is 15.2. The number of rotatable bonds is 10. The van der Waals surface area contributed by atoms with Gasteiger partial charge in [-0.3, -0.25) is 4.79 Å². The van der Waals surface area contributed by atoms with Crippen molar-refractivity contribution in [2.45, 2.75) is 26.1 Å². The Balaban J connectivity index is 2.89. The summed E-state index contributed by atoms with van der Waals surface area (Å²) < 4.78 is 16.1. The van der Waals surface area contributed by atoms with E-state index in [1.165, 1.54) is 18.2 Å². The Labute approximate surface area is 147 Å². The number of hydrogen-bond acceptors (Lipinski definition) is 6. The van der Waals surface area contributed by atoms with Gasteiger partial charge in [0, 0.05) is 20.3 Å². The molecular weight excluding hydrogens is 326 g/mol. The van der Waals surface area contributed by atoms with Crippen LogP contribution in [0.4, 0.5) is 0 Å². The second-order valence-electron chi connectivity index (χ2n) is 5.57.